The van der Waals surface area contributed by atoms with Gasteiger partial charge in [-0.15, -0.1) is 22.0 Å². The van der Waals surface area contributed by atoms with Crippen LogP contribution in [0.3, 0.4) is 0 Å². The van der Waals surface area contributed by atoms with Gasteiger partial charge in [0.25, 0.3) is 0 Å². The molecule has 0 fully saturated rings. The van der Waals surface area contributed by atoms with Crippen LogP contribution in [0.1, 0.15) is 12.6 Å². The fourth-order valence-electron chi connectivity index (χ4n) is 3.03. The molecule has 0 atom stereocenters. The fraction of sp³-hybridized carbons (Fsp3) is 0.353. The molecule has 0 N–H and O–H groups in total. The molecule has 4 aromatic heterocycles. The SMILES string of the molecule is CCSc1c(-c2nc3cc(C(F)(F)C(F)(F)F)nnc3n2C)nc(-n2ccc(Br)n2)n1C. The zero-order chi connectivity index (χ0) is 23.4. The summed E-state index contributed by atoms with van der Waals surface area (Å²) < 4.78 is 71.1. The minimum atomic E-state index is -5.80. The Bertz CT molecular complexity index is 1310. The zero-order valence-corrected chi connectivity index (χ0v) is 19.1. The van der Waals surface area contributed by atoms with E-state index in [4.69, 9.17) is 0 Å². The maximum Gasteiger partial charge on any atom is 0.459 e. The summed E-state index contributed by atoms with van der Waals surface area (Å²) in [5.74, 6) is -3.75. The molecule has 170 valence electrons. The summed E-state index contributed by atoms with van der Waals surface area (Å²) >= 11 is 4.74. The summed E-state index contributed by atoms with van der Waals surface area (Å²) in [7, 11) is 3.34. The topological polar surface area (TPSA) is 79.2 Å². The fourth-order valence-corrected chi connectivity index (χ4v) is 4.15. The van der Waals surface area contributed by atoms with Crippen LogP contribution >= 0.6 is 27.7 Å². The first-order valence-corrected chi connectivity index (χ1v) is 10.8. The van der Waals surface area contributed by atoms with E-state index in [1.54, 1.807) is 30.9 Å². The highest BCUT2D eigenvalue weighted by molar-refractivity contribution is 9.10. The largest absolute Gasteiger partial charge is 0.459 e. The van der Waals surface area contributed by atoms with E-state index in [9.17, 15) is 22.0 Å². The summed E-state index contributed by atoms with van der Waals surface area (Å²) in [6.07, 6.45) is -4.10. The van der Waals surface area contributed by atoms with Gasteiger partial charge in [0.05, 0.1) is 0 Å². The molecule has 0 aliphatic heterocycles. The Morgan fingerprint density at radius 3 is 2.38 bits per heavy atom. The Kier molecular flexibility index (Phi) is 5.51. The quantitative estimate of drug-likeness (QED) is 0.276. The zero-order valence-electron chi connectivity index (χ0n) is 16.7. The molecule has 32 heavy (non-hydrogen) atoms. The number of hydrogen-bond donors (Lipinski definition) is 0. The highest BCUT2D eigenvalue weighted by Crippen LogP contribution is 2.43. The molecule has 0 amide bonds. The van der Waals surface area contributed by atoms with Crippen molar-refractivity contribution >= 4 is 38.9 Å². The number of alkyl halides is 5. The van der Waals surface area contributed by atoms with Gasteiger partial charge in [-0.25, -0.2) is 14.6 Å². The number of nitrogens with zero attached hydrogens (tertiary/aromatic N) is 8. The van der Waals surface area contributed by atoms with Crippen molar-refractivity contribution in [2.75, 3.05) is 5.75 Å². The molecule has 0 spiro atoms. The van der Waals surface area contributed by atoms with Crippen LogP contribution < -0.4 is 0 Å². The van der Waals surface area contributed by atoms with Gasteiger partial charge < -0.3 is 9.13 Å². The molecule has 0 saturated heterocycles. The molecule has 4 heterocycles. The van der Waals surface area contributed by atoms with Gasteiger partial charge in [0, 0.05) is 20.3 Å². The second-order valence-electron chi connectivity index (χ2n) is 6.65. The normalized spacial score (nSPS) is 12.8. The van der Waals surface area contributed by atoms with Crippen LogP contribution in [0.5, 0.6) is 0 Å². The van der Waals surface area contributed by atoms with Gasteiger partial charge in [-0.3, -0.25) is 0 Å². The van der Waals surface area contributed by atoms with Gasteiger partial charge in [-0.05, 0) is 33.8 Å². The highest BCUT2D eigenvalue weighted by Gasteiger charge is 2.60. The van der Waals surface area contributed by atoms with Crippen LogP contribution in [-0.4, -0.2) is 51.0 Å². The van der Waals surface area contributed by atoms with E-state index in [2.05, 4.69) is 41.2 Å². The smallest absolute Gasteiger partial charge is 0.309 e. The predicted molar refractivity (Wildman–Crippen MR) is 110 cm³/mol. The highest BCUT2D eigenvalue weighted by atomic mass is 79.9. The molecule has 0 aromatic carbocycles. The lowest BCUT2D eigenvalue weighted by Gasteiger charge is -2.17. The Hall–Kier alpha value is -2.55. The number of hydrogen-bond acceptors (Lipinski definition) is 6. The van der Waals surface area contributed by atoms with Crippen LogP contribution in [0.4, 0.5) is 22.0 Å². The van der Waals surface area contributed by atoms with Crippen molar-refractivity contribution in [3.8, 4) is 17.5 Å². The molecule has 0 bridgehead atoms. The number of thioether (sulfide) groups is 1. The monoisotopic (exact) mass is 536 g/mol. The van der Waals surface area contributed by atoms with E-state index in [0.29, 0.717) is 33.1 Å². The van der Waals surface area contributed by atoms with E-state index in [1.807, 2.05) is 6.92 Å². The van der Waals surface area contributed by atoms with E-state index < -0.39 is 17.8 Å². The van der Waals surface area contributed by atoms with Crippen molar-refractivity contribution < 1.29 is 22.0 Å². The van der Waals surface area contributed by atoms with Gasteiger partial charge >= 0.3 is 12.1 Å². The molecule has 8 nitrogen and oxygen atoms in total. The standard InChI is InChI=1S/C17H14BrF5N8S/c1-4-32-14-11(25-15(30(14)3)31-6-5-10(18)28-31)13-24-8-7-9(16(19,20)17(21,22)23)26-27-12(8)29(13)2/h5-7H,4H2,1-3H3. The lowest BCUT2D eigenvalue weighted by molar-refractivity contribution is -0.291. The summed E-state index contributed by atoms with van der Waals surface area (Å²) in [5.41, 5.74) is -1.22. The van der Waals surface area contributed by atoms with Crippen molar-refractivity contribution in [2.24, 2.45) is 14.1 Å². The number of aromatic nitrogens is 8. The minimum absolute atomic E-state index is 0.0446. The van der Waals surface area contributed by atoms with Gasteiger partial charge in [-0.1, -0.05) is 6.92 Å². The van der Waals surface area contributed by atoms with Crippen molar-refractivity contribution in [1.29, 1.82) is 0 Å². The first kappa shape index (κ1) is 22.6. The minimum Gasteiger partial charge on any atom is -0.309 e. The molecule has 4 aromatic rings. The van der Waals surface area contributed by atoms with E-state index in [0.717, 1.165) is 0 Å². The molecular weight excluding hydrogens is 523 g/mol. The van der Waals surface area contributed by atoms with Crippen LogP contribution in [0.15, 0.2) is 28.0 Å². The molecule has 15 heteroatoms. The van der Waals surface area contributed by atoms with Crippen LogP contribution in [-0.2, 0) is 20.0 Å². The maximum atomic E-state index is 13.7. The molecular formula is C17H14BrF5N8S. The lowest BCUT2D eigenvalue weighted by atomic mass is 10.2. The molecule has 0 aliphatic rings. The third-order valence-electron chi connectivity index (χ3n) is 4.57. The van der Waals surface area contributed by atoms with E-state index >= 15 is 0 Å². The Balaban J connectivity index is 1.89. The molecule has 0 aliphatic carbocycles. The van der Waals surface area contributed by atoms with Gasteiger partial charge in [0.1, 0.15) is 26.5 Å². The number of halogens is 6. The van der Waals surface area contributed by atoms with Gasteiger partial charge in [0.15, 0.2) is 11.5 Å². The van der Waals surface area contributed by atoms with Crippen molar-refractivity contribution in [1.82, 2.24) is 39.1 Å². The number of aryl methyl sites for hydroxylation is 1. The molecule has 0 radical (unpaired) electrons. The number of rotatable bonds is 5. The third kappa shape index (κ3) is 3.56. The van der Waals surface area contributed by atoms with Gasteiger partial charge in [-0.2, -0.15) is 27.1 Å². The summed E-state index contributed by atoms with van der Waals surface area (Å²) in [6, 6.07) is 2.33. The second kappa shape index (κ2) is 7.79. The molecule has 4 rings (SSSR count). The Morgan fingerprint density at radius 1 is 1.06 bits per heavy atom. The number of imidazole rings is 2. The maximum absolute atomic E-state index is 13.7. The van der Waals surface area contributed by atoms with Crippen molar-refractivity contribution in [3.05, 3.63) is 28.6 Å². The van der Waals surface area contributed by atoms with Crippen LogP contribution in [0.25, 0.3) is 28.6 Å². The molecule has 0 saturated carbocycles. The average Bonchev–Trinajstić information content (AvgIpc) is 3.38. The average molecular weight is 537 g/mol. The lowest BCUT2D eigenvalue weighted by Crippen LogP contribution is -2.34. The summed E-state index contributed by atoms with van der Waals surface area (Å²) in [6.45, 7) is 1.94. The first-order valence-electron chi connectivity index (χ1n) is 9.02. The van der Waals surface area contributed by atoms with E-state index in [1.165, 1.54) is 21.0 Å². The third-order valence-corrected chi connectivity index (χ3v) is 6.02. The first-order chi connectivity index (χ1) is 15.0. The van der Waals surface area contributed by atoms with E-state index in [-0.39, 0.29) is 17.0 Å². The van der Waals surface area contributed by atoms with Crippen molar-refractivity contribution in [3.63, 3.8) is 0 Å². The summed E-state index contributed by atoms with van der Waals surface area (Å²) in [5, 5.41) is 11.7. The second-order valence-corrected chi connectivity index (χ2v) is 8.71. The van der Waals surface area contributed by atoms with Crippen LogP contribution in [0.2, 0.25) is 0 Å². The van der Waals surface area contributed by atoms with Gasteiger partial charge in [0.2, 0.25) is 5.95 Å². The predicted octanol–water partition coefficient (Wildman–Crippen LogP) is 4.48. The Labute approximate surface area is 190 Å². The Morgan fingerprint density at radius 2 is 1.78 bits per heavy atom. The van der Waals surface area contributed by atoms with Crippen LogP contribution in [0, 0.1) is 0 Å². The van der Waals surface area contributed by atoms with Crippen molar-refractivity contribution in [2.45, 2.75) is 24.0 Å². The number of fused-ring (bicyclic) bond motifs is 1. The molecule has 0 unspecified atom stereocenters. The summed E-state index contributed by atoms with van der Waals surface area (Å²) in [4.78, 5) is 8.88.